The summed E-state index contributed by atoms with van der Waals surface area (Å²) in [5, 5.41) is 14.7. The van der Waals surface area contributed by atoms with E-state index in [2.05, 4.69) is 10.5 Å². The highest BCUT2D eigenvalue weighted by Gasteiger charge is 2.14. The number of hydrogen-bond donors (Lipinski definition) is 2. The molecule has 0 aliphatic carbocycles. The maximum Gasteiger partial charge on any atom is 0.273 e. The zero-order valence-electron chi connectivity index (χ0n) is 14.2. The molecular weight excluding hydrogens is 344 g/mol. The van der Waals surface area contributed by atoms with E-state index in [-0.39, 0.29) is 16.9 Å². The summed E-state index contributed by atoms with van der Waals surface area (Å²) in [6, 6.07) is 21.3. The lowest BCUT2D eigenvalue weighted by molar-refractivity contribution is -0.384. The molecule has 0 spiro atoms. The van der Waals surface area contributed by atoms with E-state index in [1.807, 2.05) is 54.6 Å². The molecule has 0 radical (unpaired) electrons. The van der Waals surface area contributed by atoms with Crippen molar-refractivity contribution in [1.29, 1.82) is 0 Å². The number of nitrogens with two attached hydrogens (primary N) is 1. The Balaban J connectivity index is 1.68. The monoisotopic (exact) mass is 360 g/mol. The van der Waals surface area contributed by atoms with Crippen LogP contribution in [0.1, 0.15) is 15.9 Å². The fourth-order valence-electron chi connectivity index (χ4n) is 2.47. The number of hydrazone groups is 1. The van der Waals surface area contributed by atoms with Crippen LogP contribution in [0, 0.1) is 10.1 Å². The van der Waals surface area contributed by atoms with Gasteiger partial charge in [0, 0.05) is 17.8 Å². The molecular formula is C20H16N4O3. The van der Waals surface area contributed by atoms with Crippen molar-refractivity contribution in [1.82, 2.24) is 5.43 Å². The quantitative estimate of drug-likeness (QED) is 0.313. The Bertz CT molecular complexity index is 999. The van der Waals surface area contributed by atoms with E-state index in [0.717, 1.165) is 22.8 Å². The summed E-state index contributed by atoms with van der Waals surface area (Å²) >= 11 is 0. The molecule has 1 amide bonds. The average Bonchev–Trinajstić information content (AvgIpc) is 2.69. The maximum atomic E-state index is 12.1. The van der Waals surface area contributed by atoms with Crippen LogP contribution in [0.4, 0.5) is 11.4 Å². The van der Waals surface area contributed by atoms with Crippen molar-refractivity contribution < 1.29 is 9.72 Å². The number of hydrogen-bond acceptors (Lipinski definition) is 5. The number of carbonyl (C=O) groups is 1. The molecule has 0 aromatic heterocycles. The first-order chi connectivity index (χ1) is 13.0. The van der Waals surface area contributed by atoms with Gasteiger partial charge < -0.3 is 5.73 Å². The molecule has 134 valence electrons. The fourth-order valence-corrected chi connectivity index (χ4v) is 2.47. The minimum absolute atomic E-state index is 0.000718. The summed E-state index contributed by atoms with van der Waals surface area (Å²) in [5.41, 5.74) is 10.9. The predicted octanol–water partition coefficient (Wildman–Crippen LogP) is 3.61. The van der Waals surface area contributed by atoms with Gasteiger partial charge in [0.15, 0.2) is 0 Å². The second-order valence-corrected chi connectivity index (χ2v) is 5.72. The lowest BCUT2D eigenvalue weighted by Crippen LogP contribution is -2.19. The van der Waals surface area contributed by atoms with E-state index < -0.39 is 10.8 Å². The van der Waals surface area contributed by atoms with Crippen molar-refractivity contribution in [3.05, 3.63) is 94.0 Å². The minimum Gasteiger partial charge on any atom is -0.398 e. The van der Waals surface area contributed by atoms with E-state index in [0.29, 0.717) is 0 Å². The molecule has 3 aromatic carbocycles. The summed E-state index contributed by atoms with van der Waals surface area (Å²) in [6.45, 7) is 0. The summed E-state index contributed by atoms with van der Waals surface area (Å²) < 4.78 is 0. The molecule has 0 aliphatic heterocycles. The number of anilines is 1. The molecule has 27 heavy (non-hydrogen) atoms. The standard InChI is InChI=1S/C20H16N4O3/c21-19-11-10-17(24(26)27)12-18(19)20(25)23-22-13-14-6-8-16(9-7-14)15-4-2-1-3-5-15/h1-13H,21H2,(H,23,25)/b22-13+. The lowest BCUT2D eigenvalue weighted by atomic mass is 10.0. The Morgan fingerprint density at radius 3 is 2.33 bits per heavy atom. The van der Waals surface area contributed by atoms with Gasteiger partial charge in [0.05, 0.1) is 16.7 Å². The fraction of sp³-hybridized carbons (Fsp3) is 0. The van der Waals surface area contributed by atoms with Crippen LogP contribution >= 0.6 is 0 Å². The molecule has 3 rings (SSSR count). The number of amides is 1. The second kappa shape index (κ2) is 7.92. The topological polar surface area (TPSA) is 111 Å². The number of rotatable bonds is 5. The van der Waals surface area contributed by atoms with Crippen molar-refractivity contribution >= 4 is 23.5 Å². The maximum absolute atomic E-state index is 12.1. The van der Waals surface area contributed by atoms with E-state index in [1.165, 1.54) is 18.3 Å². The van der Waals surface area contributed by atoms with Gasteiger partial charge in [-0.1, -0.05) is 54.6 Å². The van der Waals surface area contributed by atoms with Gasteiger partial charge in [-0.2, -0.15) is 5.10 Å². The van der Waals surface area contributed by atoms with Crippen LogP contribution in [0.2, 0.25) is 0 Å². The third-order valence-electron chi connectivity index (χ3n) is 3.89. The van der Waals surface area contributed by atoms with Crippen LogP contribution in [-0.4, -0.2) is 17.0 Å². The molecule has 3 aromatic rings. The molecule has 0 atom stereocenters. The third kappa shape index (κ3) is 4.35. The van der Waals surface area contributed by atoms with Crippen molar-refractivity contribution in [3.8, 4) is 11.1 Å². The van der Waals surface area contributed by atoms with Crippen LogP contribution in [0.15, 0.2) is 77.9 Å². The van der Waals surface area contributed by atoms with E-state index >= 15 is 0 Å². The highest BCUT2D eigenvalue weighted by Crippen LogP contribution is 2.20. The normalized spacial score (nSPS) is 10.7. The number of benzene rings is 3. The smallest absolute Gasteiger partial charge is 0.273 e. The Labute approximate surface area is 155 Å². The van der Waals surface area contributed by atoms with Gasteiger partial charge in [0.2, 0.25) is 0 Å². The number of nitrogens with zero attached hydrogens (tertiary/aromatic N) is 2. The average molecular weight is 360 g/mol. The van der Waals surface area contributed by atoms with Gasteiger partial charge in [-0.05, 0) is 22.8 Å². The van der Waals surface area contributed by atoms with Crippen molar-refractivity contribution in [2.45, 2.75) is 0 Å². The Kier molecular flexibility index (Phi) is 5.22. The van der Waals surface area contributed by atoms with E-state index in [9.17, 15) is 14.9 Å². The summed E-state index contributed by atoms with van der Waals surface area (Å²) in [7, 11) is 0. The molecule has 3 N–H and O–H groups in total. The van der Waals surface area contributed by atoms with Gasteiger partial charge in [0.25, 0.3) is 11.6 Å². The first kappa shape index (κ1) is 17.8. The molecule has 0 heterocycles. The van der Waals surface area contributed by atoms with Crippen LogP contribution in [0.25, 0.3) is 11.1 Å². The summed E-state index contributed by atoms with van der Waals surface area (Å²) in [4.78, 5) is 22.4. The molecule has 0 bridgehead atoms. The molecule has 0 aliphatic rings. The van der Waals surface area contributed by atoms with E-state index in [1.54, 1.807) is 0 Å². The molecule has 0 unspecified atom stereocenters. The predicted molar refractivity (Wildman–Crippen MR) is 104 cm³/mol. The van der Waals surface area contributed by atoms with Gasteiger partial charge in [0.1, 0.15) is 0 Å². The van der Waals surface area contributed by atoms with E-state index in [4.69, 9.17) is 5.73 Å². The zero-order valence-corrected chi connectivity index (χ0v) is 14.2. The minimum atomic E-state index is -0.617. The zero-order chi connectivity index (χ0) is 19.2. The molecule has 0 fully saturated rings. The Morgan fingerprint density at radius 1 is 1.00 bits per heavy atom. The van der Waals surface area contributed by atoms with Crippen LogP contribution in [0.3, 0.4) is 0 Å². The largest absolute Gasteiger partial charge is 0.398 e. The number of nitrogen functional groups attached to an aromatic ring is 1. The lowest BCUT2D eigenvalue weighted by Gasteiger charge is -2.04. The highest BCUT2D eigenvalue weighted by molar-refractivity contribution is 6.00. The van der Waals surface area contributed by atoms with Crippen LogP contribution in [0.5, 0.6) is 0 Å². The molecule has 7 nitrogen and oxygen atoms in total. The second-order valence-electron chi connectivity index (χ2n) is 5.72. The Morgan fingerprint density at radius 2 is 1.67 bits per heavy atom. The van der Waals surface area contributed by atoms with Gasteiger partial charge >= 0.3 is 0 Å². The Hall–Kier alpha value is -4.00. The van der Waals surface area contributed by atoms with Crippen molar-refractivity contribution in [2.75, 3.05) is 5.73 Å². The number of nitro benzene ring substituents is 1. The number of nitrogens with one attached hydrogen (secondary N) is 1. The van der Waals surface area contributed by atoms with Gasteiger partial charge in [-0.15, -0.1) is 0 Å². The van der Waals surface area contributed by atoms with Crippen molar-refractivity contribution in [3.63, 3.8) is 0 Å². The first-order valence-electron chi connectivity index (χ1n) is 8.07. The van der Waals surface area contributed by atoms with Crippen molar-refractivity contribution in [2.24, 2.45) is 5.10 Å². The SMILES string of the molecule is Nc1ccc([N+](=O)[O-])cc1C(=O)N/N=C/c1ccc(-c2ccccc2)cc1. The first-order valence-corrected chi connectivity index (χ1v) is 8.07. The van der Waals surface area contributed by atoms with Gasteiger partial charge in [-0.25, -0.2) is 5.43 Å². The van der Waals surface area contributed by atoms with Gasteiger partial charge in [-0.3, -0.25) is 14.9 Å². The number of non-ortho nitro benzene ring substituents is 1. The number of nitro groups is 1. The van der Waals surface area contributed by atoms with Crippen LogP contribution in [-0.2, 0) is 0 Å². The highest BCUT2D eigenvalue weighted by atomic mass is 16.6. The summed E-state index contributed by atoms with van der Waals surface area (Å²) in [6.07, 6.45) is 1.49. The molecule has 7 heteroatoms. The number of carbonyl (C=O) groups excluding carboxylic acids is 1. The third-order valence-corrected chi connectivity index (χ3v) is 3.89. The molecule has 0 saturated carbocycles. The molecule has 0 saturated heterocycles. The van der Waals surface area contributed by atoms with Crippen LogP contribution < -0.4 is 11.2 Å². The summed E-state index contributed by atoms with van der Waals surface area (Å²) in [5.74, 6) is -0.617.